The zero-order valence-electron chi connectivity index (χ0n) is 16.9. The predicted molar refractivity (Wildman–Crippen MR) is 114 cm³/mol. The van der Waals surface area contributed by atoms with Gasteiger partial charge in [0, 0.05) is 44.0 Å². The molecule has 5 nitrogen and oxygen atoms in total. The van der Waals surface area contributed by atoms with Crippen LogP contribution in [0.4, 0.5) is 5.69 Å². The minimum atomic E-state index is -0.109. The zero-order chi connectivity index (χ0) is 20.4. The number of para-hydroxylation sites is 1. The molecule has 2 aromatic carbocycles. The van der Waals surface area contributed by atoms with Crippen molar-refractivity contribution < 1.29 is 9.59 Å². The highest BCUT2D eigenvalue weighted by atomic mass is 16.2. The van der Waals surface area contributed by atoms with E-state index in [1.165, 1.54) is 5.69 Å². The van der Waals surface area contributed by atoms with Crippen LogP contribution in [0.2, 0.25) is 0 Å². The van der Waals surface area contributed by atoms with Gasteiger partial charge < -0.3 is 15.5 Å². The topological polar surface area (TPSA) is 61.4 Å². The van der Waals surface area contributed by atoms with Crippen LogP contribution < -0.4 is 15.5 Å². The van der Waals surface area contributed by atoms with E-state index in [0.29, 0.717) is 18.7 Å². The molecular weight excluding hydrogens is 350 g/mol. The molecule has 0 heterocycles. The number of carbonyl (C=O) groups excluding carboxylic acids is 2. The number of rotatable bonds is 9. The average molecular weight is 380 g/mol. The van der Waals surface area contributed by atoms with Crippen molar-refractivity contribution in [3.63, 3.8) is 0 Å². The number of benzene rings is 2. The van der Waals surface area contributed by atoms with Crippen molar-refractivity contribution in [1.29, 1.82) is 0 Å². The molecule has 0 unspecified atom stereocenters. The molecule has 0 saturated carbocycles. The molecule has 0 radical (unpaired) electrons. The molecule has 0 bridgehead atoms. The van der Waals surface area contributed by atoms with Gasteiger partial charge in [0.15, 0.2) is 0 Å². The SMILES string of the molecule is CC(C)=CC(=O)NCc1ccc(C(=O)NCCCN(C)c2ccccc2)cc1. The summed E-state index contributed by atoms with van der Waals surface area (Å²) in [5, 5.41) is 5.78. The Hall–Kier alpha value is -3.08. The van der Waals surface area contributed by atoms with Gasteiger partial charge in [-0.2, -0.15) is 0 Å². The summed E-state index contributed by atoms with van der Waals surface area (Å²) < 4.78 is 0. The maximum atomic E-state index is 12.3. The minimum absolute atomic E-state index is 0.0810. The lowest BCUT2D eigenvalue weighted by molar-refractivity contribution is -0.116. The molecule has 0 aliphatic heterocycles. The van der Waals surface area contributed by atoms with Gasteiger partial charge in [0.2, 0.25) is 5.91 Å². The van der Waals surface area contributed by atoms with Gasteiger partial charge in [0.05, 0.1) is 0 Å². The standard InChI is InChI=1S/C23H29N3O2/c1-18(2)16-22(27)25-17-19-10-12-20(13-11-19)23(28)24-14-7-15-26(3)21-8-5-4-6-9-21/h4-6,8-13,16H,7,14-15,17H2,1-3H3,(H,24,28)(H,25,27). The fourth-order valence-corrected chi connectivity index (χ4v) is 2.71. The average Bonchev–Trinajstić information content (AvgIpc) is 2.70. The first-order valence-electron chi connectivity index (χ1n) is 9.52. The molecule has 28 heavy (non-hydrogen) atoms. The molecule has 0 aromatic heterocycles. The van der Waals surface area contributed by atoms with Gasteiger partial charge in [-0.15, -0.1) is 0 Å². The van der Waals surface area contributed by atoms with Crippen molar-refractivity contribution in [3.8, 4) is 0 Å². The maximum Gasteiger partial charge on any atom is 0.251 e. The third-order valence-electron chi connectivity index (χ3n) is 4.26. The van der Waals surface area contributed by atoms with Gasteiger partial charge in [-0.3, -0.25) is 9.59 Å². The highest BCUT2D eigenvalue weighted by Gasteiger charge is 2.06. The number of hydrogen-bond donors (Lipinski definition) is 2. The van der Waals surface area contributed by atoms with Crippen molar-refractivity contribution in [2.24, 2.45) is 0 Å². The molecule has 5 heteroatoms. The van der Waals surface area contributed by atoms with Crippen molar-refractivity contribution in [2.75, 3.05) is 25.0 Å². The lowest BCUT2D eigenvalue weighted by atomic mass is 10.1. The van der Waals surface area contributed by atoms with Crippen LogP contribution in [-0.4, -0.2) is 32.0 Å². The molecule has 0 atom stereocenters. The van der Waals surface area contributed by atoms with Crippen molar-refractivity contribution in [3.05, 3.63) is 77.4 Å². The number of allylic oxidation sites excluding steroid dienone is 1. The number of hydrogen-bond acceptors (Lipinski definition) is 3. The Bertz CT molecular complexity index is 794. The molecule has 2 N–H and O–H groups in total. The second-order valence-corrected chi connectivity index (χ2v) is 7.00. The third-order valence-corrected chi connectivity index (χ3v) is 4.26. The molecule has 0 fully saturated rings. The second-order valence-electron chi connectivity index (χ2n) is 7.00. The van der Waals surface area contributed by atoms with E-state index in [0.717, 1.165) is 24.1 Å². The Morgan fingerprint density at radius 1 is 0.964 bits per heavy atom. The Labute approximate surface area is 167 Å². The maximum absolute atomic E-state index is 12.3. The van der Waals surface area contributed by atoms with E-state index >= 15 is 0 Å². The first-order valence-corrected chi connectivity index (χ1v) is 9.52. The smallest absolute Gasteiger partial charge is 0.251 e. The first-order chi connectivity index (χ1) is 13.5. The van der Waals surface area contributed by atoms with Crippen LogP contribution in [0, 0.1) is 0 Å². The van der Waals surface area contributed by atoms with E-state index in [1.807, 2.05) is 51.2 Å². The summed E-state index contributed by atoms with van der Waals surface area (Å²) in [4.78, 5) is 26.1. The van der Waals surface area contributed by atoms with Gasteiger partial charge in [-0.05, 0) is 50.1 Å². The number of nitrogens with one attached hydrogen (secondary N) is 2. The van der Waals surface area contributed by atoms with Crippen LogP contribution >= 0.6 is 0 Å². The largest absolute Gasteiger partial charge is 0.375 e. The quantitative estimate of drug-likeness (QED) is 0.518. The summed E-state index contributed by atoms with van der Waals surface area (Å²) in [6, 6.07) is 17.5. The van der Waals surface area contributed by atoms with E-state index in [-0.39, 0.29) is 11.8 Å². The third kappa shape index (κ3) is 7.27. The lowest BCUT2D eigenvalue weighted by Crippen LogP contribution is -2.28. The van der Waals surface area contributed by atoms with Crippen molar-refractivity contribution in [2.45, 2.75) is 26.8 Å². The van der Waals surface area contributed by atoms with Crippen LogP contribution in [0.3, 0.4) is 0 Å². The summed E-state index contributed by atoms with van der Waals surface area (Å²) >= 11 is 0. The fraction of sp³-hybridized carbons (Fsp3) is 0.304. The van der Waals surface area contributed by atoms with E-state index in [1.54, 1.807) is 18.2 Å². The number of nitrogens with zero attached hydrogens (tertiary/aromatic N) is 1. The number of anilines is 1. The summed E-state index contributed by atoms with van der Waals surface area (Å²) in [6.45, 7) is 5.70. The normalized spacial score (nSPS) is 10.1. The van der Waals surface area contributed by atoms with E-state index in [4.69, 9.17) is 0 Å². The fourth-order valence-electron chi connectivity index (χ4n) is 2.71. The van der Waals surface area contributed by atoms with E-state index in [2.05, 4.69) is 27.7 Å². The Morgan fingerprint density at radius 3 is 2.29 bits per heavy atom. The number of amides is 2. The van der Waals surface area contributed by atoms with E-state index < -0.39 is 0 Å². The van der Waals surface area contributed by atoms with Gasteiger partial charge in [-0.1, -0.05) is 35.9 Å². The summed E-state index contributed by atoms with van der Waals surface area (Å²) in [5.41, 5.74) is 3.70. The molecule has 0 aliphatic carbocycles. The molecule has 0 aliphatic rings. The van der Waals surface area contributed by atoms with Gasteiger partial charge in [-0.25, -0.2) is 0 Å². The molecule has 2 rings (SSSR count). The van der Waals surface area contributed by atoms with Crippen LogP contribution in [0.25, 0.3) is 0 Å². The van der Waals surface area contributed by atoms with Crippen LogP contribution in [-0.2, 0) is 11.3 Å². The van der Waals surface area contributed by atoms with Crippen LogP contribution in [0.5, 0.6) is 0 Å². The predicted octanol–water partition coefficient (Wildman–Crippen LogP) is 3.53. The summed E-state index contributed by atoms with van der Waals surface area (Å²) in [6.07, 6.45) is 2.43. The molecule has 2 aromatic rings. The van der Waals surface area contributed by atoms with Crippen molar-refractivity contribution in [1.82, 2.24) is 10.6 Å². The van der Waals surface area contributed by atoms with Gasteiger partial charge in [0.25, 0.3) is 5.91 Å². The van der Waals surface area contributed by atoms with Crippen LogP contribution in [0.1, 0.15) is 36.2 Å². The zero-order valence-corrected chi connectivity index (χ0v) is 16.9. The molecule has 2 amide bonds. The van der Waals surface area contributed by atoms with Crippen molar-refractivity contribution >= 4 is 17.5 Å². The second kappa shape index (κ2) is 10.9. The summed E-state index contributed by atoms with van der Waals surface area (Å²) in [7, 11) is 2.05. The minimum Gasteiger partial charge on any atom is -0.375 e. The van der Waals surface area contributed by atoms with Gasteiger partial charge >= 0.3 is 0 Å². The Balaban J connectivity index is 1.72. The monoisotopic (exact) mass is 379 g/mol. The molecule has 0 saturated heterocycles. The Morgan fingerprint density at radius 2 is 1.64 bits per heavy atom. The molecule has 148 valence electrons. The van der Waals surface area contributed by atoms with E-state index in [9.17, 15) is 9.59 Å². The van der Waals surface area contributed by atoms with Gasteiger partial charge in [0.1, 0.15) is 0 Å². The number of carbonyl (C=O) groups is 2. The lowest BCUT2D eigenvalue weighted by Gasteiger charge is -2.19. The Kier molecular flexibility index (Phi) is 8.28. The highest BCUT2D eigenvalue weighted by Crippen LogP contribution is 2.10. The summed E-state index contributed by atoms with van der Waals surface area (Å²) in [5.74, 6) is -0.190. The first kappa shape index (κ1) is 21.2. The molecular formula is C23H29N3O2. The van der Waals surface area contributed by atoms with Crippen LogP contribution in [0.15, 0.2) is 66.2 Å². The molecule has 0 spiro atoms. The highest BCUT2D eigenvalue weighted by molar-refractivity contribution is 5.94.